The lowest BCUT2D eigenvalue weighted by molar-refractivity contribution is -0.244. The average Bonchev–Trinajstić information content (AvgIpc) is 2.29. The van der Waals surface area contributed by atoms with Gasteiger partial charge in [0, 0.05) is 25.7 Å². The second-order valence-corrected chi connectivity index (χ2v) is 2.77. The Morgan fingerprint density at radius 1 is 1.27 bits per heavy atom. The second-order valence-electron chi connectivity index (χ2n) is 2.77. The Labute approximate surface area is 90.9 Å². The standard InChI is InChI=1S/C6H14O3.C4H8O2/c7-3-1-2-6(4-8)5-9;1-3-5-6-4-2/h6-9H,1-5H2;3H,1,4H2,2H3. The van der Waals surface area contributed by atoms with Crippen molar-refractivity contribution in [1.82, 2.24) is 0 Å². The third-order valence-electron chi connectivity index (χ3n) is 1.54. The van der Waals surface area contributed by atoms with Gasteiger partial charge < -0.3 is 20.2 Å². The molecule has 0 aliphatic rings. The predicted molar refractivity (Wildman–Crippen MR) is 56.9 cm³/mol. The molecule has 0 aliphatic heterocycles. The summed E-state index contributed by atoms with van der Waals surface area (Å²) in [4.78, 5) is 8.61. The summed E-state index contributed by atoms with van der Waals surface area (Å²) >= 11 is 0. The van der Waals surface area contributed by atoms with Crippen LogP contribution in [-0.2, 0) is 9.78 Å². The molecule has 5 heteroatoms. The molecule has 0 aliphatic carbocycles. The molecule has 0 spiro atoms. The van der Waals surface area contributed by atoms with Crippen molar-refractivity contribution in [2.45, 2.75) is 19.8 Å². The van der Waals surface area contributed by atoms with Gasteiger partial charge in [-0.3, -0.25) is 0 Å². The molecule has 0 unspecified atom stereocenters. The Morgan fingerprint density at radius 2 is 1.87 bits per heavy atom. The van der Waals surface area contributed by atoms with Crippen molar-refractivity contribution in [3.8, 4) is 0 Å². The van der Waals surface area contributed by atoms with E-state index in [4.69, 9.17) is 15.3 Å². The van der Waals surface area contributed by atoms with Gasteiger partial charge in [-0.25, -0.2) is 0 Å². The first-order valence-electron chi connectivity index (χ1n) is 4.98. The van der Waals surface area contributed by atoms with E-state index in [-0.39, 0.29) is 25.7 Å². The summed E-state index contributed by atoms with van der Waals surface area (Å²) in [5.74, 6) is -0.0443. The van der Waals surface area contributed by atoms with Crippen molar-refractivity contribution in [3.05, 3.63) is 12.8 Å². The first kappa shape index (κ1) is 16.8. The summed E-state index contributed by atoms with van der Waals surface area (Å²) in [6.45, 7) is 5.81. The topological polar surface area (TPSA) is 79.2 Å². The lowest BCUT2D eigenvalue weighted by atomic mass is 10.1. The van der Waals surface area contributed by atoms with Crippen molar-refractivity contribution in [2.24, 2.45) is 5.92 Å². The Morgan fingerprint density at radius 3 is 2.13 bits per heavy atom. The van der Waals surface area contributed by atoms with E-state index in [1.807, 2.05) is 6.92 Å². The van der Waals surface area contributed by atoms with Crippen LogP contribution in [0, 0.1) is 5.92 Å². The van der Waals surface area contributed by atoms with E-state index in [9.17, 15) is 0 Å². The van der Waals surface area contributed by atoms with Gasteiger partial charge in [0.05, 0.1) is 6.61 Å². The van der Waals surface area contributed by atoms with Gasteiger partial charge in [0.1, 0.15) is 6.26 Å². The largest absolute Gasteiger partial charge is 0.396 e. The van der Waals surface area contributed by atoms with Crippen LogP contribution < -0.4 is 0 Å². The molecule has 0 bridgehead atoms. The van der Waals surface area contributed by atoms with Gasteiger partial charge in [-0.05, 0) is 19.8 Å². The Hall–Kier alpha value is -0.620. The van der Waals surface area contributed by atoms with Crippen LogP contribution in [0.2, 0.25) is 0 Å². The molecule has 0 fully saturated rings. The normalized spacial score (nSPS) is 9.40. The molecule has 15 heavy (non-hydrogen) atoms. The number of aliphatic hydroxyl groups is 3. The lowest BCUT2D eigenvalue weighted by Gasteiger charge is -2.07. The van der Waals surface area contributed by atoms with Crippen molar-refractivity contribution in [3.63, 3.8) is 0 Å². The molecule has 0 radical (unpaired) electrons. The van der Waals surface area contributed by atoms with E-state index in [2.05, 4.69) is 16.4 Å². The molecule has 0 aromatic carbocycles. The molecule has 0 amide bonds. The quantitative estimate of drug-likeness (QED) is 0.241. The van der Waals surface area contributed by atoms with E-state index < -0.39 is 0 Å². The zero-order valence-corrected chi connectivity index (χ0v) is 9.26. The highest BCUT2D eigenvalue weighted by molar-refractivity contribution is 4.53. The van der Waals surface area contributed by atoms with Gasteiger partial charge in [-0.15, -0.1) is 0 Å². The fraction of sp³-hybridized carbons (Fsp3) is 0.800. The van der Waals surface area contributed by atoms with Crippen LogP contribution in [0.25, 0.3) is 0 Å². The van der Waals surface area contributed by atoms with Crippen molar-refractivity contribution < 1.29 is 25.1 Å². The fourth-order valence-electron chi connectivity index (χ4n) is 0.736. The van der Waals surface area contributed by atoms with Crippen LogP contribution in [0.3, 0.4) is 0 Å². The van der Waals surface area contributed by atoms with E-state index >= 15 is 0 Å². The van der Waals surface area contributed by atoms with Crippen molar-refractivity contribution in [1.29, 1.82) is 0 Å². The zero-order chi connectivity index (χ0) is 11.9. The number of hydrogen-bond donors (Lipinski definition) is 3. The highest BCUT2D eigenvalue weighted by atomic mass is 17.2. The van der Waals surface area contributed by atoms with Gasteiger partial charge in [0.15, 0.2) is 0 Å². The minimum atomic E-state index is -0.0443. The first-order valence-corrected chi connectivity index (χ1v) is 4.98. The maximum Gasteiger partial charge on any atom is 0.122 e. The molecular formula is C10H22O5. The molecule has 0 aromatic heterocycles. The molecule has 0 aromatic rings. The van der Waals surface area contributed by atoms with E-state index in [0.717, 1.165) is 0 Å². The first-order chi connectivity index (χ1) is 7.26. The van der Waals surface area contributed by atoms with Gasteiger partial charge >= 0.3 is 0 Å². The fourth-order valence-corrected chi connectivity index (χ4v) is 0.736. The summed E-state index contributed by atoms with van der Waals surface area (Å²) in [7, 11) is 0. The zero-order valence-electron chi connectivity index (χ0n) is 9.26. The van der Waals surface area contributed by atoms with E-state index in [1.54, 1.807) is 0 Å². The second kappa shape index (κ2) is 15.8. The number of rotatable bonds is 8. The Kier molecular flexibility index (Phi) is 17.7. The number of hydrogen-bond acceptors (Lipinski definition) is 5. The smallest absolute Gasteiger partial charge is 0.122 e. The molecule has 0 heterocycles. The van der Waals surface area contributed by atoms with Crippen molar-refractivity contribution >= 4 is 0 Å². The van der Waals surface area contributed by atoms with Crippen LogP contribution in [0.15, 0.2) is 12.8 Å². The summed E-state index contributed by atoms with van der Waals surface area (Å²) in [5.41, 5.74) is 0. The Balaban J connectivity index is 0. The van der Waals surface area contributed by atoms with Crippen LogP contribution in [-0.4, -0.2) is 41.7 Å². The van der Waals surface area contributed by atoms with Crippen LogP contribution >= 0.6 is 0 Å². The molecule has 0 atom stereocenters. The minimum absolute atomic E-state index is 0.0104. The molecule has 0 saturated carbocycles. The molecular weight excluding hydrogens is 200 g/mol. The van der Waals surface area contributed by atoms with E-state index in [1.165, 1.54) is 6.26 Å². The molecule has 0 rings (SSSR count). The lowest BCUT2D eigenvalue weighted by Crippen LogP contribution is -2.11. The van der Waals surface area contributed by atoms with E-state index in [0.29, 0.717) is 19.4 Å². The monoisotopic (exact) mass is 222 g/mol. The maximum absolute atomic E-state index is 8.51. The summed E-state index contributed by atoms with van der Waals surface area (Å²) in [5, 5.41) is 25.4. The summed E-state index contributed by atoms with van der Waals surface area (Å²) in [6.07, 6.45) is 2.60. The highest BCUT2D eigenvalue weighted by Crippen LogP contribution is 2.02. The van der Waals surface area contributed by atoms with Crippen LogP contribution in [0.5, 0.6) is 0 Å². The molecule has 0 saturated heterocycles. The highest BCUT2D eigenvalue weighted by Gasteiger charge is 2.03. The van der Waals surface area contributed by atoms with Gasteiger partial charge in [0.25, 0.3) is 0 Å². The third-order valence-corrected chi connectivity index (χ3v) is 1.54. The number of aliphatic hydroxyl groups excluding tert-OH is 3. The summed E-state index contributed by atoms with van der Waals surface area (Å²) in [6, 6.07) is 0. The van der Waals surface area contributed by atoms with Gasteiger partial charge in [-0.1, -0.05) is 6.58 Å². The minimum Gasteiger partial charge on any atom is -0.396 e. The SMILES string of the molecule is C=COOCC.OCCCC(CO)CO. The van der Waals surface area contributed by atoms with Gasteiger partial charge in [0.2, 0.25) is 0 Å². The van der Waals surface area contributed by atoms with Crippen LogP contribution in [0.4, 0.5) is 0 Å². The molecule has 3 N–H and O–H groups in total. The van der Waals surface area contributed by atoms with Gasteiger partial charge in [-0.2, -0.15) is 4.89 Å². The maximum atomic E-state index is 8.51. The Bertz CT molecular complexity index is 114. The average molecular weight is 222 g/mol. The molecule has 92 valence electrons. The van der Waals surface area contributed by atoms with Crippen molar-refractivity contribution in [2.75, 3.05) is 26.4 Å². The summed E-state index contributed by atoms with van der Waals surface area (Å²) < 4.78 is 0. The predicted octanol–water partition coefficient (Wildman–Crippen LogP) is 0.458. The third kappa shape index (κ3) is 16.1. The van der Waals surface area contributed by atoms with Crippen LogP contribution in [0.1, 0.15) is 19.8 Å². The molecule has 5 nitrogen and oxygen atoms in total.